The molecule has 0 aliphatic heterocycles. The molecule has 0 spiro atoms. The second-order valence-electron chi connectivity index (χ2n) is 2.94. The van der Waals surface area contributed by atoms with Gasteiger partial charge >= 0.3 is 6.08 Å². The number of aromatic nitrogens is 1. The minimum absolute atomic E-state index is 0.00883. The van der Waals surface area contributed by atoms with E-state index in [1.807, 2.05) is 0 Å². The Bertz CT molecular complexity index is 501. The van der Waals surface area contributed by atoms with Crippen molar-refractivity contribution in [2.45, 2.75) is 6.61 Å². The van der Waals surface area contributed by atoms with Gasteiger partial charge in [-0.05, 0) is 18.2 Å². The van der Waals surface area contributed by atoms with Crippen LogP contribution in [0.5, 0.6) is 11.8 Å². The molecule has 1 aromatic heterocycles. The number of aliphatic hydroxyl groups is 1. The monoisotopic (exact) mass is 287 g/mol. The van der Waals surface area contributed by atoms with Gasteiger partial charge < -0.3 is 14.3 Å². The zero-order valence-corrected chi connectivity index (χ0v) is 9.57. The average Bonchev–Trinajstić information content (AvgIpc) is 2.70. The molecule has 6 heteroatoms. The fourth-order valence-electron chi connectivity index (χ4n) is 1.06. The van der Waals surface area contributed by atoms with Crippen LogP contribution in [0.3, 0.4) is 0 Å². The van der Waals surface area contributed by atoms with Crippen molar-refractivity contribution in [1.82, 2.24) is 4.98 Å². The van der Waals surface area contributed by atoms with Gasteiger partial charge in [-0.3, -0.25) is 0 Å². The molecule has 16 heavy (non-hydrogen) atoms. The van der Waals surface area contributed by atoms with E-state index >= 15 is 0 Å². The summed E-state index contributed by atoms with van der Waals surface area (Å²) in [6.45, 7) is -0.254. The Labute approximate surface area is 98.8 Å². The van der Waals surface area contributed by atoms with Crippen LogP contribution in [0.25, 0.3) is 0 Å². The lowest BCUT2D eigenvalue weighted by molar-refractivity contribution is 0.276. The maximum absolute atomic E-state index is 13.4. The Morgan fingerprint density at radius 1 is 1.50 bits per heavy atom. The summed E-state index contributed by atoms with van der Waals surface area (Å²) in [5.41, 5.74) is 0.326. The van der Waals surface area contributed by atoms with Crippen LogP contribution in [0.15, 0.2) is 33.4 Å². The zero-order valence-electron chi connectivity index (χ0n) is 7.98. The minimum Gasteiger partial charge on any atom is -0.417 e. The van der Waals surface area contributed by atoms with Crippen molar-refractivity contribution in [3.05, 3.63) is 40.4 Å². The van der Waals surface area contributed by atoms with Gasteiger partial charge in [0.1, 0.15) is 12.0 Å². The summed E-state index contributed by atoms with van der Waals surface area (Å²) in [5, 5.41) is 8.75. The van der Waals surface area contributed by atoms with Crippen LogP contribution in [0, 0.1) is 5.82 Å². The van der Waals surface area contributed by atoms with Gasteiger partial charge in [0.15, 0.2) is 11.6 Å². The molecule has 4 nitrogen and oxygen atoms in total. The predicted octanol–water partition coefficient (Wildman–Crippen LogP) is 2.86. The van der Waals surface area contributed by atoms with Crippen molar-refractivity contribution in [3.63, 3.8) is 0 Å². The van der Waals surface area contributed by atoms with Gasteiger partial charge in [0, 0.05) is 4.47 Å². The molecule has 0 unspecified atom stereocenters. The highest BCUT2D eigenvalue weighted by atomic mass is 79.9. The molecule has 0 saturated heterocycles. The van der Waals surface area contributed by atoms with E-state index in [0.717, 1.165) is 0 Å². The fraction of sp³-hybridized carbons (Fsp3) is 0.100. The largest absolute Gasteiger partial charge is 0.417 e. The highest BCUT2D eigenvalue weighted by Crippen LogP contribution is 2.26. The van der Waals surface area contributed by atoms with Crippen LogP contribution in [0.4, 0.5) is 4.39 Å². The van der Waals surface area contributed by atoms with Crippen LogP contribution < -0.4 is 4.74 Å². The number of rotatable bonds is 3. The minimum atomic E-state index is -0.530. The summed E-state index contributed by atoms with van der Waals surface area (Å²) in [6, 6.07) is 4.35. The van der Waals surface area contributed by atoms with Gasteiger partial charge in [-0.15, -0.1) is 0 Å². The third-order valence-corrected chi connectivity index (χ3v) is 2.28. The quantitative estimate of drug-likeness (QED) is 0.943. The molecule has 0 radical (unpaired) electrons. The number of oxazole rings is 1. The summed E-state index contributed by atoms with van der Waals surface area (Å²) in [4.78, 5) is 3.77. The molecule has 0 saturated carbocycles. The van der Waals surface area contributed by atoms with Crippen LogP contribution in [-0.2, 0) is 6.61 Å². The van der Waals surface area contributed by atoms with E-state index in [9.17, 15) is 4.39 Å². The summed E-state index contributed by atoms with van der Waals surface area (Å²) >= 11 is 3.13. The predicted molar refractivity (Wildman–Crippen MR) is 56.6 cm³/mol. The molecule has 1 heterocycles. The Kier molecular flexibility index (Phi) is 3.21. The summed E-state index contributed by atoms with van der Waals surface area (Å²) in [6.07, 6.45) is 1.14. The molecular weight excluding hydrogens is 281 g/mol. The van der Waals surface area contributed by atoms with E-state index in [0.29, 0.717) is 10.2 Å². The standard InChI is InChI=1S/C10H7BrFNO3/c11-6-1-2-9(8(12)3-6)16-10-13-7(4-14)5-15-10/h1-3,5,14H,4H2. The third kappa shape index (κ3) is 2.40. The molecule has 84 valence electrons. The van der Waals surface area contributed by atoms with Crippen LogP contribution in [0.1, 0.15) is 5.69 Å². The van der Waals surface area contributed by atoms with Gasteiger partial charge in [-0.2, -0.15) is 4.98 Å². The number of halogens is 2. The molecule has 0 bridgehead atoms. The van der Waals surface area contributed by atoms with Gasteiger partial charge in [0.25, 0.3) is 0 Å². The fourth-order valence-corrected chi connectivity index (χ4v) is 1.39. The molecule has 0 amide bonds. The average molecular weight is 288 g/mol. The highest BCUT2D eigenvalue weighted by molar-refractivity contribution is 9.10. The van der Waals surface area contributed by atoms with Crippen molar-refractivity contribution < 1.29 is 18.7 Å². The number of hydrogen-bond acceptors (Lipinski definition) is 4. The van der Waals surface area contributed by atoms with E-state index in [2.05, 4.69) is 20.9 Å². The van der Waals surface area contributed by atoms with Crippen molar-refractivity contribution in [1.29, 1.82) is 0 Å². The summed E-state index contributed by atoms with van der Waals surface area (Å²) in [5.74, 6) is -0.521. The van der Waals surface area contributed by atoms with Crippen molar-refractivity contribution in [2.75, 3.05) is 0 Å². The first-order valence-corrected chi connectivity index (χ1v) is 5.16. The maximum atomic E-state index is 13.4. The van der Waals surface area contributed by atoms with E-state index in [1.165, 1.54) is 18.4 Å². The van der Waals surface area contributed by atoms with Crippen molar-refractivity contribution >= 4 is 15.9 Å². The van der Waals surface area contributed by atoms with Gasteiger partial charge in [0.2, 0.25) is 0 Å². The van der Waals surface area contributed by atoms with Crippen molar-refractivity contribution in [3.8, 4) is 11.8 Å². The first-order chi connectivity index (χ1) is 7.69. The van der Waals surface area contributed by atoms with Gasteiger partial charge in [-0.1, -0.05) is 15.9 Å². The van der Waals surface area contributed by atoms with Crippen LogP contribution in [-0.4, -0.2) is 10.1 Å². The molecule has 1 aromatic carbocycles. The number of benzene rings is 1. The number of ether oxygens (including phenoxy) is 1. The molecule has 0 aliphatic carbocycles. The van der Waals surface area contributed by atoms with Crippen LogP contribution in [0.2, 0.25) is 0 Å². The van der Waals surface area contributed by atoms with Crippen molar-refractivity contribution in [2.24, 2.45) is 0 Å². The second kappa shape index (κ2) is 4.63. The number of aliphatic hydroxyl groups excluding tert-OH is 1. The second-order valence-corrected chi connectivity index (χ2v) is 3.86. The lowest BCUT2D eigenvalue weighted by Gasteiger charge is -2.01. The highest BCUT2D eigenvalue weighted by Gasteiger charge is 2.09. The first kappa shape index (κ1) is 11.1. The molecule has 1 N–H and O–H groups in total. The molecule has 0 atom stereocenters. The molecule has 2 rings (SSSR count). The Hall–Kier alpha value is -1.40. The van der Waals surface area contributed by atoms with Crippen LogP contribution >= 0.6 is 15.9 Å². The van der Waals surface area contributed by atoms with E-state index in [4.69, 9.17) is 14.3 Å². The van der Waals surface area contributed by atoms with Gasteiger partial charge in [0.05, 0.1) is 6.61 Å². The number of nitrogens with zero attached hydrogens (tertiary/aromatic N) is 1. The summed E-state index contributed by atoms with van der Waals surface area (Å²) < 4.78 is 23.9. The Balaban J connectivity index is 2.20. The third-order valence-electron chi connectivity index (χ3n) is 1.78. The van der Waals surface area contributed by atoms with E-state index in [1.54, 1.807) is 6.07 Å². The molecule has 0 fully saturated rings. The molecule has 0 aliphatic rings. The zero-order chi connectivity index (χ0) is 11.5. The molecule has 2 aromatic rings. The lowest BCUT2D eigenvalue weighted by Crippen LogP contribution is -1.89. The molecular formula is C10H7BrFNO3. The SMILES string of the molecule is OCc1coc(Oc2ccc(Br)cc2F)n1. The maximum Gasteiger partial charge on any atom is 0.399 e. The summed E-state index contributed by atoms with van der Waals surface area (Å²) in [7, 11) is 0. The smallest absolute Gasteiger partial charge is 0.399 e. The Morgan fingerprint density at radius 2 is 2.31 bits per heavy atom. The van der Waals surface area contributed by atoms with E-state index < -0.39 is 5.82 Å². The first-order valence-electron chi connectivity index (χ1n) is 4.37. The number of hydrogen-bond donors (Lipinski definition) is 1. The Morgan fingerprint density at radius 3 is 2.94 bits per heavy atom. The topological polar surface area (TPSA) is 55.5 Å². The normalized spacial score (nSPS) is 10.4. The van der Waals surface area contributed by atoms with Gasteiger partial charge in [-0.25, -0.2) is 4.39 Å². The lowest BCUT2D eigenvalue weighted by atomic mass is 10.3. The van der Waals surface area contributed by atoms with E-state index in [-0.39, 0.29) is 18.4 Å².